The van der Waals surface area contributed by atoms with E-state index in [2.05, 4.69) is 0 Å². The van der Waals surface area contributed by atoms with Gasteiger partial charge < -0.3 is 17.2 Å². The van der Waals surface area contributed by atoms with Crippen molar-refractivity contribution in [3.63, 3.8) is 0 Å². The molecule has 6 heteroatoms. The number of hydrogen-bond acceptors (Lipinski definition) is 3. The number of nitrogens with two attached hydrogens (primary N) is 3. The zero-order valence-corrected chi connectivity index (χ0v) is 10.0. The zero-order chi connectivity index (χ0) is 8.32. The fourth-order valence-electron chi connectivity index (χ4n) is 0.949. The van der Waals surface area contributed by atoms with E-state index >= 15 is 0 Å². The van der Waals surface area contributed by atoms with Crippen molar-refractivity contribution < 1.29 is 0 Å². The lowest BCUT2D eigenvalue weighted by atomic mass is 10.1. The molecule has 1 aromatic rings. The lowest BCUT2D eigenvalue weighted by Crippen LogP contribution is -2.59. The molecule has 0 aromatic heterocycles. The average molecular weight is 261 g/mol. The molecule has 0 aliphatic rings. The first kappa shape index (κ1) is 19.5. The molecule has 6 N–H and O–H groups in total. The van der Waals surface area contributed by atoms with Crippen molar-refractivity contribution in [3.05, 3.63) is 35.9 Å². The SMILES string of the molecule is Cl.Cl.Cl.NC(N)(N)Cc1ccccc1. The summed E-state index contributed by atoms with van der Waals surface area (Å²) in [4.78, 5) is 0. The molecule has 0 heterocycles. The maximum atomic E-state index is 5.42. The Bertz CT molecular complexity index is 223. The summed E-state index contributed by atoms with van der Waals surface area (Å²) < 4.78 is 0. The molecule has 14 heavy (non-hydrogen) atoms. The van der Waals surface area contributed by atoms with Crippen molar-refractivity contribution in [2.75, 3.05) is 0 Å². The highest BCUT2D eigenvalue weighted by Gasteiger charge is 2.11. The fourth-order valence-corrected chi connectivity index (χ4v) is 0.949. The predicted molar refractivity (Wildman–Crippen MR) is 67.2 cm³/mol. The predicted octanol–water partition coefficient (Wildman–Crippen LogP) is 1.02. The molecule has 0 spiro atoms. The van der Waals surface area contributed by atoms with Gasteiger partial charge in [-0.15, -0.1) is 37.2 Å². The van der Waals surface area contributed by atoms with Gasteiger partial charge in [0.15, 0.2) is 0 Å². The Hall–Kier alpha value is -0.0300. The van der Waals surface area contributed by atoms with Gasteiger partial charge in [-0.1, -0.05) is 30.3 Å². The van der Waals surface area contributed by atoms with E-state index in [0.717, 1.165) is 5.56 Å². The number of rotatable bonds is 2. The van der Waals surface area contributed by atoms with Crippen LogP contribution >= 0.6 is 37.2 Å². The Morgan fingerprint density at radius 1 is 0.857 bits per heavy atom. The summed E-state index contributed by atoms with van der Waals surface area (Å²) in [7, 11) is 0. The summed E-state index contributed by atoms with van der Waals surface area (Å²) >= 11 is 0. The molecule has 0 atom stereocenters. The first-order valence-corrected chi connectivity index (χ1v) is 3.48. The van der Waals surface area contributed by atoms with E-state index in [0.29, 0.717) is 6.42 Å². The highest BCUT2D eigenvalue weighted by Crippen LogP contribution is 2.01. The third-order valence-corrected chi connectivity index (χ3v) is 1.35. The summed E-state index contributed by atoms with van der Waals surface area (Å²) in [5, 5.41) is 0. The van der Waals surface area contributed by atoms with Crippen molar-refractivity contribution in [1.29, 1.82) is 0 Å². The minimum Gasteiger partial charge on any atom is -0.301 e. The van der Waals surface area contributed by atoms with Gasteiger partial charge in [-0.05, 0) is 5.56 Å². The molecular weight excluding hydrogens is 244 g/mol. The van der Waals surface area contributed by atoms with Gasteiger partial charge in [-0.2, -0.15) is 0 Å². The molecule has 1 rings (SSSR count). The van der Waals surface area contributed by atoms with E-state index in [4.69, 9.17) is 17.2 Å². The van der Waals surface area contributed by atoms with Crippen molar-refractivity contribution in [3.8, 4) is 0 Å². The van der Waals surface area contributed by atoms with Crippen LogP contribution in [0.3, 0.4) is 0 Å². The van der Waals surface area contributed by atoms with Crippen LogP contribution in [0.5, 0.6) is 0 Å². The van der Waals surface area contributed by atoms with Gasteiger partial charge in [0, 0.05) is 6.42 Å². The van der Waals surface area contributed by atoms with Crippen LogP contribution < -0.4 is 17.2 Å². The molecule has 0 saturated heterocycles. The minimum absolute atomic E-state index is 0. The fraction of sp³-hybridized carbons (Fsp3) is 0.250. The second-order valence-electron chi connectivity index (χ2n) is 2.77. The molecule has 0 bridgehead atoms. The summed E-state index contributed by atoms with van der Waals surface area (Å²) in [5.74, 6) is -1.10. The third-order valence-electron chi connectivity index (χ3n) is 1.35. The molecule has 0 aliphatic carbocycles. The molecule has 0 fully saturated rings. The minimum atomic E-state index is -1.10. The topological polar surface area (TPSA) is 78.1 Å². The molecule has 0 amide bonds. The Morgan fingerprint density at radius 3 is 1.64 bits per heavy atom. The van der Waals surface area contributed by atoms with Gasteiger partial charge >= 0.3 is 0 Å². The highest BCUT2D eigenvalue weighted by atomic mass is 35.5. The average Bonchev–Trinajstić information content (AvgIpc) is 1.85. The van der Waals surface area contributed by atoms with Crippen LogP contribution in [-0.4, -0.2) is 5.79 Å². The second-order valence-corrected chi connectivity index (χ2v) is 2.77. The third kappa shape index (κ3) is 8.56. The Balaban J connectivity index is -0.000000403. The van der Waals surface area contributed by atoms with E-state index in [1.54, 1.807) is 0 Å². The van der Waals surface area contributed by atoms with Crippen LogP contribution in [0.25, 0.3) is 0 Å². The first-order chi connectivity index (χ1) is 5.08. The van der Waals surface area contributed by atoms with Crippen LogP contribution in [0.15, 0.2) is 30.3 Å². The van der Waals surface area contributed by atoms with Gasteiger partial charge in [0.2, 0.25) is 0 Å². The standard InChI is InChI=1S/C8H13N3.3ClH/c9-8(10,11)6-7-4-2-1-3-5-7;;;/h1-5H,6,9-11H2;3*1H. The molecule has 3 nitrogen and oxygen atoms in total. The van der Waals surface area contributed by atoms with Gasteiger partial charge in [-0.25, -0.2) is 0 Å². The summed E-state index contributed by atoms with van der Waals surface area (Å²) in [6, 6.07) is 9.69. The van der Waals surface area contributed by atoms with E-state index in [9.17, 15) is 0 Å². The summed E-state index contributed by atoms with van der Waals surface area (Å²) in [6.45, 7) is 0. The van der Waals surface area contributed by atoms with Gasteiger partial charge in [0.1, 0.15) is 5.79 Å². The maximum absolute atomic E-state index is 5.42. The highest BCUT2D eigenvalue weighted by molar-refractivity contribution is 5.86. The van der Waals surface area contributed by atoms with E-state index in [-0.39, 0.29) is 37.2 Å². The number of hydrogen-bond donors (Lipinski definition) is 3. The molecule has 0 radical (unpaired) electrons. The van der Waals surface area contributed by atoms with Crippen LogP contribution in [0.1, 0.15) is 5.56 Å². The molecule has 0 aliphatic heterocycles. The van der Waals surface area contributed by atoms with Crippen LogP contribution in [0.4, 0.5) is 0 Å². The lowest BCUT2D eigenvalue weighted by molar-refractivity contribution is 0.459. The Morgan fingerprint density at radius 2 is 1.29 bits per heavy atom. The monoisotopic (exact) mass is 259 g/mol. The molecule has 0 unspecified atom stereocenters. The van der Waals surface area contributed by atoms with Crippen LogP contribution in [0, 0.1) is 0 Å². The molecular formula is C8H16Cl3N3. The normalized spacial score (nSPS) is 9.07. The largest absolute Gasteiger partial charge is 0.301 e. The smallest absolute Gasteiger partial charge is 0.119 e. The molecule has 0 saturated carbocycles. The first-order valence-electron chi connectivity index (χ1n) is 3.48. The van der Waals surface area contributed by atoms with E-state index in [1.807, 2.05) is 30.3 Å². The van der Waals surface area contributed by atoms with Crippen LogP contribution in [-0.2, 0) is 6.42 Å². The lowest BCUT2D eigenvalue weighted by Gasteiger charge is -2.17. The molecule has 1 aromatic carbocycles. The van der Waals surface area contributed by atoms with Crippen LogP contribution in [0.2, 0.25) is 0 Å². The van der Waals surface area contributed by atoms with Gasteiger partial charge in [-0.3, -0.25) is 0 Å². The van der Waals surface area contributed by atoms with E-state index < -0.39 is 5.79 Å². The Labute approximate surface area is 103 Å². The molecule has 84 valence electrons. The van der Waals surface area contributed by atoms with Gasteiger partial charge in [0.05, 0.1) is 0 Å². The second kappa shape index (κ2) is 8.29. The van der Waals surface area contributed by atoms with Crippen molar-refractivity contribution in [1.82, 2.24) is 0 Å². The van der Waals surface area contributed by atoms with Crippen molar-refractivity contribution in [2.24, 2.45) is 17.2 Å². The summed E-state index contributed by atoms with van der Waals surface area (Å²) in [6.07, 6.45) is 0.494. The van der Waals surface area contributed by atoms with Crippen molar-refractivity contribution >= 4 is 37.2 Å². The quantitative estimate of drug-likeness (QED) is 0.695. The Kier molecular flexibility index (Phi) is 11.6. The van der Waals surface area contributed by atoms with Crippen molar-refractivity contribution in [2.45, 2.75) is 12.2 Å². The number of benzene rings is 1. The van der Waals surface area contributed by atoms with E-state index in [1.165, 1.54) is 0 Å². The maximum Gasteiger partial charge on any atom is 0.119 e. The summed E-state index contributed by atoms with van der Waals surface area (Å²) in [5.41, 5.74) is 17.3. The zero-order valence-electron chi connectivity index (χ0n) is 7.55. The van der Waals surface area contributed by atoms with Gasteiger partial charge in [0.25, 0.3) is 0 Å². The number of halogens is 3.